The van der Waals surface area contributed by atoms with Crippen LogP contribution in [0.2, 0.25) is 0 Å². The quantitative estimate of drug-likeness (QED) is 0.243. The zero-order chi connectivity index (χ0) is 15.9. The number of aromatic nitrogens is 1. The minimum atomic E-state index is -0.400. The Balaban J connectivity index is 2.22. The molecule has 1 aromatic carbocycles. The number of nitrogens with two attached hydrogens (primary N) is 2. The molecule has 0 atom stereocenters. The van der Waals surface area contributed by atoms with Gasteiger partial charge >= 0.3 is 0 Å². The highest BCUT2D eigenvalue weighted by atomic mass is 16.6. The van der Waals surface area contributed by atoms with E-state index in [0.29, 0.717) is 12.2 Å². The molecule has 0 amide bonds. The molecule has 2 aromatic rings. The molecule has 0 unspecified atom stereocenters. The normalized spacial score (nSPS) is 10.5. The fraction of sp³-hybridized carbons (Fsp3) is 0.0714. The summed E-state index contributed by atoms with van der Waals surface area (Å²) in [4.78, 5) is 10.7. The van der Waals surface area contributed by atoms with Crippen LogP contribution in [-0.4, -0.2) is 22.0 Å². The molecule has 8 heteroatoms. The van der Waals surface area contributed by atoms with Gasteiger partial charge in [-0.15, -0.1) is 5.10 Å². The van der Waals surface area contributed by atoms with Crippen molar-refractivity contribution in [3.05, 3.63) is 64.5 Å². The van der Waals surface area contributed by atoms with Crippen molar-refractivity contribution >= 4 is 17.7 Å². The van der Waals surface area contributed by atoms with E-state index in [2.05, 4.69) is 10.5 Å². The molecule has 0 aliphatic carbocycles. The predicted molar refractivity (Wildman–Crippen MR) is 85.3 cm³/mol. The highest BCUT2D eigenvalue weighted by molar-refractivity contribution is 5.75. The summed E-state index contributed by atoms with van der Waals surface area (Å²) < 4.78 is 1.75. The topological polar surface area (TPSA) is 125 Å². The second-order valence-corrected chi connectivity index (χ2v) is 4.35. The number of rotatable bonds is 6. The van der Waals surface area contributed by atoms with Gasteiger partial charge in [0.15, 0.2) is 0 Å². The Hall–Kier alpha value is -3.29. The summed E-state index contributed by atoms with van der Waals surface area (Å²) >= 11 is 0. The van der Waals surface area contributed by atoms with Crippen LogP contribution < -0.4 is 16.9 Å². The second kappa shape index (κ2) is 6.93. The summed E-state index contributed by atoms with van der Waals surface area (Å²) in [7, 11) is 0. The van der Waals surface area contributed by atoms with Gasteiger partial charge in [-0.25, -0.2) is 0 Å². The molecule has 1 aromatic heterocycles. The average molecular weight is 300 g/mol. The van der Waals surface area contributed by atoms with E-state index >= 15 is 0 Å². The molecule has 8 nitrogen and oxygen atoms in total. The standard InChI is InChI=1S/C14H16N6O2/c15-14(16)18-17-9-3-5-11-6-4-10-19(11)12-7-1-2-8-13(12)20(21)22/h1-8,10,17H,9H2,(H4,15,16,18)/b5-3-. The molecule has 0 saturated carbocycles. The van der Waals surface area contributed by atoms with Crippen LogP contribution in [-0.2, 0) is 0 Å². The van der Waals surface area contributed by atoms with Crippen LogP contribution in [0.15, 0.2) is 53.8 Å². The monoisotopic (exact) mass is 300 g/mol. The molecule has 0 fully saturated rings. The zero-order valence-electron chi connectivity index (χ0n) is 11.7. The van der Waals surface area contributed by atoms with E-state index in [1.807, 2.05) is 24.3 Å². The summed E-state index contributed by atoms with van der Waals surface area (Å²) in [6.45, 7) is 0.431. The van der Waals surface area contributed by atoms with Crippen molar-refractivity contribution in [2.75, 3.05) is 6.54 Å². The molecule has 0 spiro atoms. The van der Waals surface area contributed by atoms with Crippen LogP contribution >= 0.6 is 0 Å². The molecule has 0 saturated heterocycles. The predicted octanol–water partition coefficient (Wildman–Crippen LogP) is 1.18. The van der Waals surface area contributed by atoms with Gasteiger partial charge in [-0.05, 0) is 24.3 Å². The highest BCUT2D eigenvalue weighted by Gasteiger charge is 2.14. The maximum Gasteiger partial charge on any atom is 0.293 e. The van der Waals surface area contributed by atoms with Crippen molar-refractivity contribution in [2.45, 2.75) is 0 Å². The van der Waals surface area contributed by atoms with E-state index in [-0.39, 0.29) is 11.6 Å². The fourth-order valence-corrected chi connectivity index (χ4v) is 1.94. The zero-order valence-corrected chi connectivity index (χ0v) is 11.7. The van der Waals surface area contributed by atoms with Gasteiger partial charge in [0, 0.05) is 18.0 Å². The molecule has 0 aliphatic heterocycles. The third-order valence-corrected chi connectivity index (χ3v) is 2.82. The summed E-state index contributed by atoms with van der Waals surface area (Å²) in [6, 6.07) is 10.2. The molecule has 1 heterocycles. The van der Waals surface area contributed by atoms with Gasteiger partial charge in [0.2, 0.25) is 5.96 Å². The number of hydrogen-bond donors (Lipinski definition) is 3. The molecule has 0 aliphatic rings. The molecule has 2 rings (SSSR count). The molecule has 0 radical (unpaired) electrons. The first kappa shape index (κ1) is 15.1. The first-order valence-corrected chi connectivity index (χ1v) is 6.49. The van der Waals surface area contributed by atoms with Gasteiger partial charge < -0.3 is 21.5 Å². The number of nitrogens with zero attached hydrogens (tertiary/aromatic N) is 3. The Kier molecular flexibility index (Phi) is 4.76. The van der Waals surface area contributed by atoms with Crippen molar-refractivity contribution in [3.63, 3.8) is 0 Å². The summed E-state index contributed by atoms with van der Waals surface area (Å²) in [5.74, 6) is -0.0447. The van der Waals surface area contributed by atoms with Gasteiger partial charge in [-0.2, -0.15) is 0 Å². The number of nitro groups is 1. The lowest BCUT2D eigenvalue weighted by Crippen LogP contribution is -2.26. The first-order valence-electron chi connectivity index (χ1n) is 6.49. The van der Waals surface area contributed by atoms with E-state index in [9.17, 15) is 10.1 Å². The Bertz CT molecular complexity index is 716. The van der Waals surface area contributed by atoms with E-state index in [4.69, 9.17) is 11.5 Å². The third kappa shape index (κ3) is 3.63. The van der Waals surface area contributed by atoms with Crippen molar-refractivity contribution < 1.29 is 4.92 Å². The fourth-order valence-electron chi connectivity index (χ4n) is 1.94. The van der Waals surface area contributed by atoms with E-state index in [1.54, 1.807) is 29.0 Å². The number of hydrazone groups is 1. The average Bonchev–Trinajstić information content (AvgIpc) is 2.94. The number of guanidine groups is 1. The molecule has 0 bridgehead atoms. The molecule has 5 N–H and O–H groups in total. The molecular formula is C14H16N6O2. The lowest BCUT2D eigenvalue weighted by atomic mass is 10.2. The largest absolute Gasteiger partial charge is 0.369 e. The van der Waals surface area contributed by atoms with Crippen LogP contribution in [0.1, 0.15) is 5.69 Å². The van der Waals surface area contributed by atoms with Gasteiger partial charge in [0.05, 0.1) is 11.5 Å². The van der Waals surface area contributed by atoms with E-state index in [0.717, 1.165) is 5.69 Å². The maximum atomic E-state index is 11.1. The number of nitro benzene ring substituents is 1. The summed E-state index contributed by atoms with van der Waals surface area (Å²) in [6.07, 6.45) is 5.41. The van der Waals surface area contributed by atoms with Crippen LogP contribution in [0, 0.1) is 10.1 Å². The van der Waals surface area contributed by atoms with E-state index in [1.165, 1.54) is 6.07 Å². The smallest absolute Gasteiger partial charge is 0.293 e. The van der Waals surface area contributed by atoms with Gasteiger partial charge in [0.1, 0.15) is 5.69 Å². The SMILES string of the molecule is NC(N)=NNC/C=C\c1cccn1-c1ccccc1[N+](=O)[O-]. The Morgan fingerprint density at radius 2 is 2.09 bits per heavy atom. The number of nitrogens with one attached hydrogen (secondary N) is 1. The maximum absolute atomic E-state index is 11.1. The first-order chi connectivity index (χ1) is 10.6. The number of hydrogen-bond acceptors (Lipinski definition) is 4. The lowest BCUT2D eigenvalue weighted by molar-refractivity contribution is -0.384. The van der Waals surface area contributed by atoms with Crippen LogP contribution in [0.25, 0.3) is 11.8 Å². The van der Waals surface area contributed by atoms with Gasteiger partial charge in [-0.3, -0.25) is 10.1 Å². The minimum Gasteiger partial charge on any atom is -0.369 e. The minimum absolute atomic E-state index is 0.0447. The Labute approximate surface area is 126 Å². The number of para-hydroxylation sites is 2. The van der Waals surface area contributed by atoms with Crippen LogP contribution in [0.3, 0.4) is 0 Å². The van der Waals surface area contributed by atoms with Crippen molar-refractivity contribution in [1.29, 1.82) is 0 Å². The summed E-state index contributed by atoms with van der Waals surface area (Å²) in [5.41, 5.74) is 14.4. The number of benzene rings is 1. The molecule has 114 valence electrons. The molecular weight excluding hydrogens is 284 g/mol. The molecule has 22 heavy (non-hydrogen) atoms. The van der Waals surface area contributed by atoms with Crippen LogP contribution in [0.5, 0.6) is 0 Å². The lowest BCUT2D eigenvalue weighted by Gasteiger charge is -2.07. The van der Waals surface area contributed by atoms with Crippen molar-refractivity contribution in [3.8, 4) is 5.69 Å². The summed E-state index contributed by atoms with van der Waals surface area (Å²) in [5, 5.41) is 14.8. The van der Waals surface area contributed by atoms with Gasteiger partial charge in [-0.1, -0.05) is 18.2 Å². The third-order valence-electron chi connectivity index (χ3n) is 2.82. The van der Waals surface area contributed by atoms with Crippen LogP contribution in [0.4, 0.5) is 5.69 Å². The van der Waals surface area contributed by atoms with Crippen molar-refractivity contribution in [2.24, 2.45) is 16.6 Å². The Morgan fingerprint density at radius 3 is 2.82 bits per heavy atom. The van der Waals surface area contributed by atoms with E-state index < -0.39 is 4.92 Å². The Morgan fingerprint density at radius 1 is 1.32 bits per heavy atom. The van der Waals surface area contributed by atoms with Gasteiger partial charge in [0.25, 0.3) is 5.69 Å². The highest BCUT2D eigenvalue weighted by Crippen LogP contribution is 2.24. The second-order valence-electron chi connectivity index (χ2n) is 4.35. The van der Waals surface area contributed by atoms with Crippen molar-refractivity contribution in [1.82, 2.24) is 9.99 Å².